The largest absolute Gasteiger partial charge is 0.455 e. The van der Waals surface area contributed by atoms with E-state index in [1.165, 1.54) is 37.4 Å². The molecule has 0 fully saturated rings. The van der Waals surface area contributed by atoms with E-state index >= 15 is 0 Å². The lowest BCUT2D eigenvalue weighted by molar-refractivity contribution is 0.100. The molecule has 6 rings (SSSR count). The Hall–Kier alpha value is -5.35. The van der Waals surface area contributed by atoms with Crippen LogP contribution in [0, 0.1) is 12.4 Å². The number of nitrogens with zero attached hydrogens (tertiary/aromatic N) is 3. The van der Waals surface area contributed by atoms with Gasteiger partial charge in [-0.25, -0.2) is 22.6 Å². The molecule has 226 valence electrons. The van der Waals surface area contributed by atoms with E-state index in [1.807, 2.05) is 0 Å². The Bertz CT molecular complexity index is 2280. The first-order valence-corrected chi connectivity index (χ1v) is 15.4. The highest BCUT2D eigenvalue weighted by Gasteiger charge is 2.26. The van der Waals surface area contributed by atoms with Gasteiger partial charge in [0.1, 0.15) is 28.3 Å². The number of rotatable bonds is 8. The zero-order chi connectivity index (χ0) is 32.0. The first kappa shape index (κ1) is 29.7. The van der Waals surface area contributed by atoms with Crippen molar-refractivity contribution in [2.75, 3.05) is 24.2 Å². The number of oxazole rings is 1. The van der Waals surface area contributed by atoms with Crippen LogP contribution in [0.4, 0.5) is 15.8 Å². The van der Waals surface area contributed by atoms with E-state index in [1.54, 1.807) is 42.5 Å². The molecule has 45 heavy (non-hydrogen) atoms. The molecule has 0 aliphatic rings. The third kappa shape index (κ3) is 5.23. The molecule has 0 spiro atoms. The van der Waals surface area contributed by atoms with Crippen LogP contribution < -0.4 is 10.0 Å². The second kappa shape index (κ2) is 11.3. The molecule has 12 heteroatoms. The van der Waals surface area contributed by atoms with E-state index in [0.29, 0.717) is 50.0 Å². The van der Waals surface area contributed by atoms with Crippen LogP contribution in [0.5, 0.6) is 0 Å². The van der Waals surface area contributed by atoms with E-state index in [4.69, 9.17) is 21.1 Å². The van der Waals surface area contributed by atoms with Gasteiger partial charge in [0.15, 0.2) is 5.78 Å². The summed E-state index contributed by atoms with van der Waals surface area (Å²) in [7, 11) is -2.38. The zero-order valence-corrected chi connectivity index (χ0v) is 24.9. The number of aliphatic hydroxyl groups is 1. The van der Waals surface area contributed by atoms with Crippen molar-refractivity contribution in [1.29, 1.82) is 0 Å². The molecule has 2 aromatic heterocycles. The number of aliphatic hydroxyl groups excluding tert-OH is 1. The van der Waals surface area contributed by atoms with Crippen LogP contribution in [0.1, 0.15) is 15.9 Å². The fraction of sp³-hybridized carbons (Fsp3) is 0.121. The first-order chi connectivity index (χ1) is 21.5. The Morgan fingerprint density at radius 1 is 1.02 bits per heavy atom. The maximum Gasteiger partial charge on any atom is 0.232 e. The topological polar surface area (TPSA) is 144 Å². The van der Waals surface area contributed by atoms with Crippen molar-refractivity contribution in [3.05, 3.63) is 101 Å². The molecular formula is C33H25FN4O6S. The number of ketones is 1. The number of hydrogen-bond acceptors (Lipinski definition) is 8. The molecule has 10 nitrogen and oxygen atoms in total. The lowest BCUT2D eigenvalue weighted by Gasteiger charge is -2.21. The minimum Gasteiger partial charge on any atom is -0.455 e. The average Bonchev–Trinajstić information content (AvgIpc) is 3.64. The number of carbonyl (C=O) groups is 1. The van der Waals surface area contributed by atoms with Crippen molar-refractivity contribution in [3.63, 3.8) is 0 Å². The molecule has 4 aromatic carbocycles. The SMILES string of the molecule is [C-]#[N+]c1cccc2oc(-c3cc(-c4cc5c(C(=O)CN)c(-c6ccc(F)cc6)oc5cc4N(C)S(C)(=O)=O)ccc3CO)nc12. The normalized spacial score (nSPS) is 11.6. The van der Waals surface area contributed by atoms with Crippen molar-refractivity contribution in [2.45, 2.75) is 6.61 Å². The number of para-hydroxylation sites is 1. The second-order valence-corrected chi connectivity index (χ2v) is 12.3. The Balaban J connectivity index is 1.64. The Morgan fingerprint density at radius 2 is 1.76 bits per heavy atom. The van der Waals surface area contributed by atoms with Crippen LogP contribution in [-0.2, 0) is 16.6 Å². The number of fused-ring (bicyclic) bond motifs is 2. The standard InChI is InChI=1S/C33H25FN4O6S/c1-36-25-5-4-6-28-31(25)37-33(44-28)23-13-19(7-8-20(23)17-39)22-14-24-29(15-26(22)38(2)45(3,41)42)43-32(30(24)27(40)16-35)18-9-11-21(34)12-10-18/h4-15,39H,16-17,35H2,2-3H3. The highest BCUT2D eigenvalue weighted by molar-refractivity contribution is 7.92. The van der Waals surface area contributed by atoms with Crippen LogP contribution >= 0.6 is 0 Å². The quantitative estimate of drug-likeness (QED) is 0.148. The number of carbonyl (C=O) groups excluding carboxylic acids is 1. The van der Waals surface area contributed by atoms with Gasteiger partial charge in [0, 0.05) is 35.2 Å². The molecule has 0 unspecified atom stereocenters. The van der Waals surface area contributed by atoms with Crippen LogP contribution in [-0.4, -0.2) is 44.1 Å². The smallest absolute Gasteiger partial charge is 0.232 e. The molecule has 0 bridgehead atoms. The summed E-state index contributed by atoms with van der Waals surface area (Å²) in [5.41, 5.74) is 9.75. The second-order valence-electron chi connectivity index (χ2n) is 10.3. The van der Waals surface area contributed by atoms with E-state index in [9.17, 15) is 22.7 Å². The average molecular weight is 625 g/mol. The molecule has 0 saturated carbocycles. The number of nitrogens with two attached hydrogens (primary N) is 1. The van der Waals surface area contributed by atoms with Crippen molar-refractivity contribution in [1.82, 2.24) is 4.98 Å². The lowest BCUT2D eigenvalue weighted by atomic mass is 9.95. The molecule has 3 N–H and O–H groups in total. The van der Waals surface area contributed by atoms with Crippen molar-refractivity contribution in [3.8, 4) is 33.9 Å². The van der Waals surface area contributed by atoms with E-state index < -0.39 is 21.6 Å². The summed E-state index contributed by atoms with van der Waals surface area (Å²) >= 11 is 0. The predicted octanol–water partition coefficient (Wildman–Crippen LogP) is 6.29. The van der Waals surface area contributed by atoms with Gasteiger partial charge in [0.05, 0.1) is 37.2 Å². The van der Waals surface area contributed by atoms with Gasteiger partial charge in [-0.15, -0.1) is 0 Å². The van der Waals surface area contributed by atoms with Crippen LogP contribution in [0.3, 0.4) is 0 Å². The fourth-order valence-electron chi connectivity index (χ4n) is 5.21. The molecular weight excluding hydrogens is 599 g/mol. The Morgan fingerprint density at radius 3 is 2.42 bits per heavy atom. The number of aromatic nitrogens is 1. The number of benzene rings is 4. The summed E-state index contributed by atoms with van der Waals surface area (Å²) in [5, 5.41) is 10.5. The summed E-state index contributed by atoms with van der Waals surface area (Å²) in [6, 6.07) is 18.7. The third-order valence-corrected chi connectivity index (χ3v) is 8.75. The fourth-order valence-corrected chi connectivity index (χ4v) is 5.71. The summed E-state index contributed by atoms with van der Waals surface area (Å²) in [6.45, 7) is 6.78. The van der Waals surface area contributed by atoms with Gasteiger partial charge < -0.3 is 19.7 Å². The molecule has 0 aliphatic heterocycles. The van der Waals surface area contributed by atoms with Gasteiger partial charge in [-0.05, 0) is 53.6 Å². The number of furan rings is 1. The van der Waals surface area contributed by atoms with Gasteiger partial charge in [-0.2, -0.15) is 0 Å². The maximum absolute atomic E-state index is 13.7. The highest BCUT2D eigenvalue weighted by atomic mass is 32.2. The molecule has 0 aliphatic carbocycles. The number of Topliss-reactive ketones (excluding diaryl/α,β-unsaturated/α-hetero) is 1. The molecule has 6 aromatic rings. The number of hydrogen-bond donors (Lipinski definition) is 2. The van der Waals surface area contributed by atoms with Crippen LogP contribution in [0.25, 0.3) is 60.8 Å². The Kier molecular flexibility index (Phi) is 7.46. The molecule has 0 radical (unpaired) electrons. The van der Waals surface area contributed by atoms with Crippen LogP contribution in [0.2, 0.25) is 0 Å². The van der Waals surface area contributed by atoms with Crippen LogP contribution in [0.15, 0.2) is 81.6 Å². The van der Waals surface area contributed by atoms with E-state index in [0.717, 1.165) is 10.6 Å². The van der Waals surface area contributed by atoms with Gasteiger partial charge in [-0.1, -0.05) is 24.3 Å². The van der Waals surface area contributed by atoms with Gasteiger partial charge >= 0.3 is 0 Å². The third-order valence-electron chi connectivity index (χ3n) is 7.55. The number of anilines is 1. The highest BCUT2D eigenvalue weighted by Crippen LogP contribution is 2.43. The van der Waals surface area contributed by atoms with Gasteiger partial charge in [0.25, 0.3) is 0 Å². The lowest BCUT2D eigenvalue weighted by Crippen LogP contribution is -2.25. The van der Waals surface area contributed by atoms with Crippen molar-refractivity contribution in [2.24, 2.45) is 5.73 Å². The maximum atomic E-state index is 13.7. The molecule has 0 amide bonds. The Labute approximate surface area is 257 Å². The van der Waals surface area contributed by atoms with Crippen molar-refractivity contribution < 1.29 is 31.5 Å². The summed E-state index contributed by atoms with van der Waals surface area (Å²) in [6.07, 6.45) is 1.06. The number of sulfonamides is 1. The zero-order valence-electron chi connectivity index (χ0n) is 24.0. The number of halogens is 1. The molecule has 0 saturated heterocycles. The molecule has 2 heterocycles. The monoisotopic (exact) mass is 624 g/mol. The summed E-state index contributed by atoms with van der Waals surface area (Å²) < 4.78 is 52.5. The minimum atomic E-state index is -3.77. The van der Waals surface area contributed by atoms with Gasteiger partial charge in [0.2, 0.25) is 21.6 Å². The van der Waals surface area contributed by atoms with E-state index in [-0.39, 0.29) is 41.6 Å². The predicted molar refractivity (Wildman–Crippen MR) is 169 cm³/mol. The van der Waals surface area contributed by atoms with E-state index in [2.05, 4.69) is 9.83 Å². The molecule has 0 atom stereocenters. The summed E-state index contributed by atoms with van der Waals surface area (Å²) in [4.78, 5) is 21.2. The van der Waals surface area contributed by atoms with Crippen molar-refractivity contribution >= 4 is 49.3 Å². The van der Waals surface area contributed by atoms with Gasteiger partial charge in [-0.3, -0.25) is 9.10 Å². The first-order valence-electron chi connectivity index (χ1n) is 13.6. The summed E-state index contributed by atoms with van der Waals surface area (Å²) in [5.74, 6) is -0.565. The minimum absolute atomic E-state index is 0.159.